The zero-order valence-electron chi connectivity index (χ0n) is 9.86. The molecule has 5 heteroatoms. The van der Waals surface area contributed by atoms with Crippen LogP contribution in [-0.2, 0) is 13.2 Å². The molecule has 0 amide bonds. The molecule has 0 aliphatic rings. The number of halogens is 2. The van der Waals surface area contributed by atoms with E-state index in [4.69, 9.17) is 23.2 Å². The molecule has 0 unspecified atom stereocenters. The lowest BCUT2D eigenvalue weighted by atomic mass is 10.1. The number of hydrogen-bond donors (Lipinski definition) is 1. The minimum atomic E-state index is 0.00202. The molecule has 0 fully saturated rings. The Hall–Kier alpha value is -0.740. The maximum absolute atomic E-state index is 9.34. The summed E-state index contributed by atoms with van der Waals surface area (Å²) in [5.41, 5.74) is 1.80. The van der Waals surface area contributed by atoms with Crippen LogP contribution in [0.1, 0.15) is 10.4 Å². The van der Waals surface area contributed by atoms with Gasteiger partial charge < -0.3 is 10.0 Å². The fourth-order valence-electron chi connectivity index (χ4n) is 1.78. The zero-order chi connectivity index (χ0) is 13.1. The monoisotopic (exact) mass is 301 g/mol. The van der Waals surface area contributed by atoms with Gasteiger partial charge in [0.2, 0.25) is 0 Å². The Morgan fingerprint density at radius 1 is 1.22 bits per heavy atom. The lowest BCUT2D eigenvalue weighted by Crippen LogP contribution is -2.17. The number of aliphatic hydroxyl groups is 1. The van der Waals surface area contributed by atoms with Gasteiger partial charge in [-0.05, 0) is 24.3 Å². The SMILES string of the molecule is CN(Cc1ccc(Cl)s1)c1cc(Cl)ccc1CO. The van der Waals surface area contributed by atoms with Crippen LogP contribution >= 0.6 is 34.5 Å². The van der Waals surface area contributed by atoms with Crippen LogP contribution in [0.3, 0.4) is 0 Å². The molecule has 0 aliphatic carbocycles. The summed E-state index contributed by atoms with van der Waals surface area (Å²) in [6.07, 6.45) is 0. The third-order valence-electron chi connectivity index (χ3n) is 2.65. The lowest BCUT2D eigenvalue weighted by molar-refractivity contribution is 0.282. The minimum Gasteiger partial charge on any atom is -0.392 e. The average Bonchev–Trinajstić information content (AvgIpc) is 2.74. The Bertz CT molecular complexity index is 542. The zero-order valence-corrected chi connectivity index (χ0v) is 12.2. The molecule has 0 atom stereocenters. The van der Waals surface area contributed by atoms with Crippen molar-refractivity contribution in [2.45, 2.75) is 13.2 Å². The van der Waals surface area contributed by atoms with E-state index in [-0.39, 0.29) is 6.61 Å². The summed E-state index contributed by atoms with van der Waals surface area (Å²) in [6.45, 7) is 0.743. The summed E-state index contributed by atoms with van der Waals surface area (Å²) in [5, 5.41) is 10.0. The van der Waals surface area contributed by atoms with Crippen LogP contribution in [0.5, 0.6) is 0 Å². The van der Waals surface area contributed by atoms with Gasteiger partial charge in [-0.2, -0.15) is 0 Å². The molecule has 0 aliphatic heterocycles. The van der Waals surface area contributed by atoms with E-state index in [1.54, 1.807) is 17.4 Å². The smallest absolute Gasteiger partial charge is 0.0931 e. The normalized spacial score (nSPS) is 10.7. The molecule has 0 saturated heterocycles. The predicted octanol–water partition coefficient (Wildman–Crippen LogP) is 4.18. The second-order valence-electron chi connectivity index (χ2n) is 3.99. The summed E-state index contributed by atoms with van der Waals surface area (Å²) >= 11 is 13.5. The minimum absolute atomic E-state index is 0.00202. The van der Waals surface area contributed by atoms with Gasteiger partial charge in [0.1, 0.15) is 0 Å². The highest BCUT2D eigenvalue weighted by Crippen LogP contribution is 2.28. The van der Waals surface area contributed by atoms with E-state index in [2.05, 4.69) is 4.90 Å². The molecular formula is C13H13Cl2NOS. The Morgan fingerprint density at radius 3 is 2.61 bits per heavy atom. The van der Waals surface area contributed by atoms with Gasteiger partial charge in [-0.1, -0.05) is 29.3 Å². The van der Waals surface area contributed by atoms with Crippen molar-refractivity contribution in [3.63, 3.8) is 0 Å². The summed E-state index contributed by atoms with van der Waals surface area (Å²) in [5.74, 6) is 0. The summed E-state index contributed by atoms with van der Waals surface area (Å²) in [6, 6.07) is 9.39. The Kier molecular flexibility index (Phi) is 4.51. The van der Waals surface area contributed by atoms with E-state index in [0.717, 1.165) is 22.1 Å². The van der Waals surface area contributed by atoms with E-state index in [9.17, 15) is 5.11 Å². The molecule has 1 aromatic carbocycles. The number of rotatable bonds is 4. The fraction of sp³-hybridized carbons (Fsp3) is 0.231. The molecule has 0 radical (unpaired) electrons. The largest absolute Gasteiger partial charge is 0.392 e. The van der Waals surface area contributed by atoms with Crippen molar-refractivity contribution in [2.75, 3.05) is 11.9 Å². The number of hydrogen-bond acceptors (Lipinski definition) is 3. The second-order valence-corrected chi connectivity index (χ2v) is 6.23. The maximum Gasteiger partial charge on any atom is 0.0931 e. The standard InChI is InChI=1S/C13H13Cl2NOS/c1-16(7-11-4-5-13(15)18-11)12-6-10(14)3-2-9(12)8-17/h2-6,17H,7-8H2,1H3. The van der Waals surface area contributed by atoms with Crippen molar-refractivity contribution in [1.82, 2.24) is 0 Å². The Morgan fingerprint density at radius 2 is 2.00 bits per heavy atom. The Labute approximate surface area is 120 Å². The molecular weight excluding hydrogens is 289 g/mol. The van der Waals surface area contributed by atoms with Gasteiger partial charge in [-0.15, -0.1) is 11.3 Å². The van der Waals surface area contributed by atoms with Crippen LogP contribution in [0.4, 0.5) is 5.69 Å². The first-order valence-electron chi connectivity index (χ1n) is 5.45. The van der Waals surface area contributed by atoms with Gasteiger partial charge in [0, 0.05) is 28.2 Å². The van der Waals surface area contributed by atoms with E-state index in [0.29, 0.717) is 5.02 Å². The van der Waals surface area contributed by atoms with Gasteiger partial charge in [-0.3, -0.25) is 0 Å². The van der Waals surface area contributed by atoms with E-state index in [1.807, 2.05) is 31.3 Å². The molecule has 96 valence electrons. The highest BCUT2D eigenvalue weighted by atomic mass is 35.5. The van der Waals surface area contributed by atoms with Gasteiger partial charge in [0.15, 0.2) is 0 Å². The maximum atomic E-state index is 9.34. The first kappa shape index (κ1) is 13.7. The van der Waals surface area contributed by atoms with Crippen LogP contribution < -0.4 is 4.90 Å². The number of thiophene rings is 1. The number of nitrogens with zero attached hydrogens (tertiary/aromatic N) is 1. The van der Waals surface area contributed by atoms with Gasteiger partial charge in [-0.25, -0.2) is 0 Å². The summed E-state index contributed by atoms with van der Waals surface area (Å²) < 4.78 is 0.784. The molecule has 1 aromatic heterocycles. The van der Waals surface area contributed by atoms with Gasteiger partial charge >= 0.3 is 0 Å². The van der Waals surface area contributed by atoms with Gasteiger partial charge in [0.05, 0.1) is 17.5 Å². The van der Waals surface area contributed by atoms with Crippen molar-refractivity contribution >= 4 is 40.2 Å². The van der Waals surface area contributed by atoms with Crippen molar-refractivity contribution < 1.29 is 5.11 Å². The lowest BCUT2D eigenvalue weighted by Gasteiger charge is -2.21. The van der Waals surface area contributed by atoms with Crippen molar-refractivity contribution in [2.24, 2.45) is 0 Å². The average molecular weight is 302 g/mol. The van der Waals surface area contributed by atoms with E-state index in [1.165, 1.54) is 4.88 Å². The van der Waals surface area contributed by atoms with Crippen LogP contribution in [0.15, 0.2) is 30.3 Å². The summed E-state index contributed by atoms with van der Waals surface area (Å²) in [4.78, 5) is 3.23. The fourth-order valence-corrected chi connectivity index (χ4v) is 3.09. The molecule has 18 heavy (non-hydrogen) atoms. The topological polar surface area (TPSA) is 23.5 Å². The number of aliphatic hydroxyl groups excluding tert-OH is 1. The molecule has 0 spiro atoms. The highest BCUT2D eigenvalue weighted by molar-refractivity contribution is 7.16. The molecule has 1 N–H and O–H groups in total. The molecule has 0 bridgehead atoms. The Balaban J connectivity index is 2.22. The van der Waals surface area contributed by atoms with Gasteiger partial charge in [0.25, 0.3) is 0 Å². The second kappa shape index (κ2) is 5.93. The number of anilines is 1. The van der Waals surface area contributed by atoms with E-state index >= 15 is 0 Å². The first-order chi connectivity index (χ1) is 8.60. The molecule has 1 heterocycles. The van der Waals surface area contributed by atoms with Crippen molar-refractivity contribution in [3.05, 3.63) is 50.1 Å². The van der Waals surface area contributed by atoms with Crippen LogP contribution in [0.2, 0.25) is 9.36 Å². The van der Waals surface area contributed by atoms with Crippen LogP contribution in [0.25, 0.3) is 0 Å². The van der Waals surface area contributed by atoms with Crippen LogP contribution in [-0.4, -0.2) is 12.2 Å². The predicted molar refractivity (Wildman–Crippen MR) is 78.8 cm³/mol. The molecule has 2 aromatic rings. The third-order valence-corrected chi connectivity index (χ3v) is 4.10. The third kappa shape index (κ3) is 3.18. The summed E-state index contributed by atoms with van der Waals surface area (Å²) in [7, 11) is 1.97. The molecule has 2 rings (SSSR count). The van der Waals surface area contributed by atoms with Crippen LogP contribution in [0, 0.1) is 0 Å². The molecule has 0 saturated carbocycles. The first-order valence-corrected chi connectivity index (χ1v) is 7.02. The molecule has 2 nitrogen and oxygen atoms in total. The van der Waals surface area contributed by atoms with Crippen molar-refractivity contribution in [3.8, 4) is 0 Å². The number of benzene rings is 1. The quantitative estimate of drug-likeness (QED) is 0.915. The van der Waals surface area contributed by atoms with Crippen molar-refractivity contribution in [1.29, 1.82) is 0 Å². The highest BCUT2D eigenvalue weighted by Gasteiger charge is 2.09. The van der Waals surface area contributed by atoms with E-state index < -0.39 is 0 Å².